The van der Waals surface area contributed by atoms with Gasteiger partial charge in [-0.25, -0.2) is 0 Å². The van der Waals surface area contributed by atoms with E-state index in [1.165, 1.54) is 5.39 Å². The third kappa shape index (κ3) is 1.54. The summed E-state index contributed by atoms with van der Waals surface area (Å²) in [6.07, 6.45) is 0. The number of fused-ring (bicyclic) bond motifs is 1. The Labute approximate surface area is 89.5 Å². The maximum Gasteiger partial charge on any atom is 0.0529 e. The number of benzene rings is 1. The van der Waals surface area contributed by atoms with Crippen LogP contribution in [0.3, 0.4) is 0 Å². The molecule has 2 rings (SSSR count). The van der Waals surface area contributed by atoms with E-state index in [1.807, 2.05) is 26.0 Å². The lowest BCUT2D eigenvalue weighted by Crippen LogP contribution is -2.41. The van der Waals surface area contributed by atoms with Gasteiger partial charge in [-0.2, -0.15) is 0 Å². The monoisotopic (exact) mass is 203 g/mol. The van der Waals surface area contributed by atoms with Gasteiger partial charge in [-0.15, -0.1) is 0 Å². The lowest BCUT2D eigenvalue weighted by molar-refractivity contribution is 0.509. The van der Waals surface area contributed by atoms with Gasteiger partial charge in [-0.3, -0.25) is 0 Å². The molecule has 1 atom stereocenters. The maximum atomic E-state index is 6.20. The van der Waals surface area contributed by atoms with Crippen molar-refractivity contribution in [2.24, 2.45) is 11.5 Å². The fraction of sp³-hybridized carbons (Fsp3) is 0.333. The van der Waals surface area contributed by atoms with E-state index in [0.29, 0.717) is 6.54 Å². The van der Waals surface area contributed by atoms with Gasteiger partial charge in [0.2, 0.25) is 0 Å². The molecule has 1 aromatic heterocycles. The van der Waals surface area contributed by atoms with Crippen LogP contribution in [0.1, 0.15) is 18.2 Å². The highest BCUT2D eigenvalue weighted by atomic mass is 14.8. The molecule has 2 aromatic rings. The molecule has 0 aliphatic carbocycles. The van der Waals surface area contributed by atoms with E-state index in [9.17, 15) is 0 Å². The van der Waals surface area contributed by atoms with E-state index < -0.39 is 5.54 Å². The van der Waals surface area contributed by atoms with Crippen LogP contribution in [-0.4, -0.2) is 11.5 Å². The van der Waals surface area contributed by atoms with Crippen LogP contribution >= 0.6 is 0 Å². The van der Waals surface area contributed by atoms with E-state index >= 15 is 0 Å². The zero-order chi connectivity index (χ0) is 11.1. The Balaban J connectivity index is 2.74. The predicted molar refractivity (Wildman–Crippen MR) is 63.6 cm³/mol. The van der Waals surface area contributed by atoms with E-state index in [-0.39, 0.29) is 0 Å². The number of nitrogens with two attached hydrogens (primary N) is 2. The molecule has 3 heteroatoms. The van der Waals surface area contributed by atoms with Gasteiger partial charge in [-0.05, 0) is 19.9 Å². The zero-order valence-corrected chi connectivity index (χ0v) is 9.17. The van der Waals surface area contributed by atoms with Crippen molar-refractivity contribution in [2.75, 3.05) is 6.54 Å². The topological polar surface area (TPSA) is 67.8 Å². The molecule has 1 aromatic carbocycles. The summed E-state index contributed by atoms with van der Waals surface area (Å²) in [4.78, 5) is 3.33. The molecule has 1 unspecified atom stereocenters. The van der Waals surface area contributed by atoms with E-state index in [4.69, 9.17) is 11.5 Å². The van der Waals surface area contributed by atoms with E-state index in [1.54, 1.807) is 0 Å². The molecule has 0 aliphatic rings. The molecular formula is C12H17N3. The van der Waals surface area contributed by atoms with Gasteiger partial charge < -0.3 is 16.5 Å². The molecule has 0 amide bonds. The first-order chi connectivity index (χ1) is 7.06. The first kappa shape index (κ1) is 10.2. The summed E-state index contributed by atoms with van der Waals surface area (Å²) < 4.78 is 0. The second-order valence-corrected chi connectivity index (χ2v) is 4.29. The number of hydrogen-bond acceptors (Lipinski definition) is 2. The fourth-order valence-corrected chi connectivity index (χ4v) is 2.11. The Morgan fingerprint density at radius 3 is 2.67 bits per heavy atom. The minimum absolute atomic E-state index is 0.440. The number of hydrogen-bond donors (Lipinski definition) is 3. The van der Waals surface area contributed by atoms with Crippen molar-refractivity contribution >= 4 is 10.9 Å². The number of aryl methyl sites for hydroxylation is 1. The fourth-order valence-electron chi connectivity index (χ4n) is 2.11. The van der Waals surface area contributed by atoms with Crippen molar-refractivity contribution in [1.82, 2.24) is 4.98 Å². The lowest BCUT2D eigenvalue weighted by Gasteiger charge is -2.23. The second kappa shape index (κ2) is 3.36. The highest BCUT2D eigenvalue weighted by Crippen LogP contribution is 2.29. The van der Waals surface area contributed by atoms with Crippen LogP contribution in [0.15, 0.2) is 24.3 Å². The molecule has 0 spiro atoms. The summed E-state index contributed by atoms with van der Waals surface area (Å²) >= 11 is 0. The molecule has 0 radical (unpaired) electrons. The third-order valence-corrected chi connectivity index (χ3v) is 2.89. The largest absolute Gasteiger partial charge is 0.358 e. The average molecular weight is 203 g/mol. The van der Waals surface area contributed by atoms with Gasteiger partial charge in [0.05, 0.1) is 5.54 Å². The van der Waals surface area contributed by atoms with Crippen LogP contribution in [0.5, 0.6) is 0 Å². The number of aromatic nitrogens is 1. The molecule has 0 aliphatic heterocycles. The van der Waals surface area contributed by atoms with Gasteiger partial charge in [0.1, 0.15) is 0 Å². The van der Waals surface area contributed by atoms with Gasteiger partial charge in [-0.1, -0.05) is 18.2 Å². The maximum absolute atomic E-state index is 6.20. The van der Waals surface area contributed by atoms with Crippen LogP contribution < -0.4 is 11.5 Å². The van der Waals surface area contributed by atoms with Crippen LogP contribution in [-0.2, 0) is 5.54 Å². The summed E-state index contributed by atoms with van der Waals surface area (Å²) in [7, 11) is 0. The van der Waals surface area contributed by atoms with Gasteiger partial charge in [0.15, 0.2) is 0 Å². The Morgan fingerprint density at radius 1 is 1.33 bits per heavy atom. The number of para-hydroxylation sites is 1. The smallest absolute Gasteiger partial charge is 0.0529 e. The number of aromatic amines is 1. The molecule has 0 saturated heterocycles. The van der Waals surface area contributed by atoms with Gasteiger partial charge in [0.25, 0.3) is 0 Å². The summed E-state index contributed by atoms with van der Waals surface area (Å²) in [6.45, 7) is 4.45. The summed E-state index contributed by atoms with van der Waals surface area (Å²) in [5, 5.41) is 1.17. The van der Waals surface area contributed by atoms with Crippen molar-refractivity contribution in [1.29, 1.82) is 0 Å². The number of H-pyrrole nitrogens is 1. The average Bonchev–Trinajstić information content (AvgIpc) is 2.54. The van der Waals surface area contributed by atoms with Gasteiger partial charge in [0, 0.05) is 28.7 Å². The molecule has 0 fully saturated rings. The quantitative estimate of drug-likeness (QED) is 0.694. The second-order valence-electron chi connectivity index (χ2n) is 4.29. The number of rotatable bonds is 2. The highest BCUT2D eigenvalue weighted by Gasteiger charge is 2.25. The van der Waals surface area contributed by atoms with Crippen LogP contribution in [0.4, 0.5) is 0 Å². The van der Waals surface area contributed by atoms with Crippen LogP contribution in [0, 0.1) is 6.92 Å². The van der Waals surface area contributed by atoms with Crippen LogP contribution in [0.2, 0.25) is 0 Å². The van der Waals surface area contributed by atoms with Crippen molar-refractivity contribution in [2.45, 2.75) is 19.4 Å². The molecule has 0 bridgehead atoms. The SMILES string of the molecule is Cc1[nH]c2ccccc2c1C(C)(N)CN. The van der Waals surface area contributed by atoms with Crippen molar-refractivity contribution < 1.29 is 0 Å². The Morgan fingerprint density at radius 2 is 2.00 bits per heavy atom. The normalized spacial score (nSPS) is 15.5. The molecule has 1 heterocycles. The third-order valence-electron chi connectivity index (χ3n) is 2.89. The minimum atomic E-state index is -0.469. The Hall–Kier alpha value is -1.32. The molecule has 3 nitrogen and oxygen atoms in total. The Bertz CT molecular complexity index is 483. The summed E-state index contributed by atoms with van der Waals surface area (Å²) in [5.41, 5.74) is 14.8. The molecule has 80 valence electrons. The molecule has 5 N–H and O–H groups in total. The predicted octanol–water partition coefficient (Wildman–Crippen LogP) is 1.61. The standard InChI is InChI=1S/C12H17N3/c1-8-11(12(2,14)7-13)9-5-3-4-6-10(9)15-8/h3-6,15H,7,13-14H2,1-2H3. The summed E-state index contributed by atoms with van der Waals surface area (Å²) in [5.74, 6) is 0. The number of nitrogens with one attached hydrogen (secondary N) is 1. The van der Waals surface area contributed by atoms with Crippen LogP contribution in [0.25, 0.3) is 10.9 Å². The van der Waals surface area contributed by atoms with Crippen molar-refractivity contribution in [3.8, 4) is 0 Å². The van der Waals surface area contributed by atoms with Crippen molar-refractivity contribution in [3.63, 3.8) is 0 Å². The lowest BCUT2D eigenvalue weighted by atomic mass is 9.91. The highest BCUT2D eigenvalue weighted by molar-refractivity contribution is 5.85. The minimum Gasteiger partial charge on any atom is -0.358 e. The van der Waals surface area contributed by atoms with Gasteiger partial charge >= 0.3 is 0 Å². The molecule has 15 heavy (non-hydrogen) atoms. The molecular weight excluding hydrogens is 186 g/mol. The zero-order valence-electron chi connectivity index (χ0n) is 9.17. The van der Waals surface area contributed by atoms with E-state index in [0.717, 1.165) is 16.8 Å². The first-order valence-corrected chi connectivity index (χ1v) is 5.13. The summed E-state index contributed by atoms with van der Waals surface area (Å²) in [6, 6.07) is 8.16. The Kier molecular flexibility index (Phi) is 2.29. The molecule has 0 saturated carbocycles. The van der Waals surface area contributed by atoms with E-state index in [2.05, 4.69) is 17.1 Å². The first-order valence-electron chi connectivity index (χ1n) is 5.13. The van der Waals surface area contributed by atoms with Crippen molar-refractivity contribution in [3.05, 3.63) is 35.5 Å².